The maximum atomic E-state index is 13.3. The zero-order chi connectivity index (χ0) is 21.6. The van der Waals surface area contributed by atoms with Gasteiger partial charge in [-0.25, -0.2) is 14.2 Å². The summed E-state index contributed by atoms with van der Waals surface area (Å²) >= 11 is 6.12. The van der Waals surface area contributed by atoms with Gasteiger partial charge in [-0.15, -0.1) is 0 Å². The first-order valence-corrected chi connectivity index (χ1v) is 10.4. The van der Waals surface area contributed by atoms with Crippen LogP contribution in [0, 0.1) is 5.82 Å². The smallest absolute Gasteiger partial charge is 0.315 e. The Morgan fingerprint density at radius 3 is 2.52 bits per heavy atom. The molecule has 7 heteroatoms. The van der Waals surface area contributed by atoms with E-state index in [-0.39, 0.29) is 11.8 Å². The third-order valence-corrected chi connectivity index (χ3v) is 5.39. The van der Waals surface area contributed by atoms with Crippen LogP contribution < -0.4 is 10.6 Å². The second-order valence-corrected chi connectivity index (χ2v) is 7.59. The van der Waals surface area contributed by atoms with E-state index in [2.05, 4.69) is 15.2 Å². The number of para-hydroxylation sites is 2. The van der Waals surface area contributed by atoms with E-state index < -0.39 is 0 Å². The van der Waals surface area contributed by atoms with Crippen LogP contribution in [0.25, 0.3) is 11.0 Å². The molecular weight excluding hydrogens is 415 g/mol. The first-order chi connectivity index (χ1) is 15.1. The van der Waals surface area contributed by atoms with E-state index in [0.29, 0.717) is 31.1 Å². The highest BCUT2D eigenvalue weighted by Crippen LogP contribution is 2.19. The van der Waals surface area contributed by atoms with Gasteiger partial charge in [-0.05, 0) is 41.5 Å². The van der Waals surface area contributed by atoms with Gasteiger partial charge in [-0.1, -0.05) is 54.1 Å². The number of hydrogen-bond donors (Lipinski definition) is 2. The Morgan fingerprint density at radius 2 is 1.71 bits per heavy atom. The molecule has 1 aromatic heterocycles. The summed E-state index contributed by atoms with van der Waals surface area (Å²) in [5.41, 5.74) is 3.74. The molecule has 31 heavy (non-hydrogen) atoms. The second-order valence-electron chi connectivity index (χ2n) is 7.18. The Balaban J connectivity index is 1.40. The summed E-state index contributed by atoms with van der Waals surface area (Å²) < 4.78 is 15.4. The van der Waals surface area contributed by atoms with Crippen molar-refractivity contribution in [2.75, 3.05) is 6.54 Å². The van der Waals surface area contributed by atoms with Crippen molar-refractivity contribution in [2.24, 2.45) is 0 Å². The Hall–Kier alpha value is -3.38. The van der Waals surface area contributed by atoms with Gasteiger partial charge in [-0.3, -0.25) is 0 Å². The maximum absolute atomic E-state index is 13.3. The number of carbonyl (C=O) groups is 1. The zero-order valence-electron chi connectivity index (χ0n) is 16.8. The first kappa shape index (κ1) is 20.9. The van der Waals surface area contributed by atoms with Gasteiger partial charge < -0.3 is 15.2 Å². The fourth-order valence-electron chi connectivity index (χ4n) is 3.43. The number of nitrogens with zero attached hydrogens (tertiary/aromatic N) is 2. The minimum absolute atomic E-state index is 0.258. The van der Waals surface area contributed by atoms with Gasteiger partial charge in [0.25, 0.3) is 0 Å². The standard InChI is InChI=1S/C24H22ClFN4O/c25-20-6-2-1-5-18(20)15-28-24(31)27-14-13-23-29-21-7-3-4-8-22(21)30(23)16-17-9-11-19(26)12-10-17/h1-12H,13-16H2,(H2,27,28,31). The summed E-state index contributed by atoms with van der Waals surface area (Å²) in [4.78, 5) is 16.9. The Morgan fingerprint density at radius 1 is 0.968 bits per heavy atom. The highest BCUT2D eigenvalue weighted by atomic mass is 35.5. The predicted octanol–water partition coefficient (Wildman–Crippen LogP) is 4.92. The van der Waals surface area contributed by atoms with Crippen molar-refractivity contribution < 1.29 is 9.18 Å². The summed E-state index contributed by atoms with van der Waals surface area (Å²) in [5, 5.41) is 6.31. The molecule has 4 rings (SSSR count). The molecule has 158 valence electrons. The number of urea groups is 1. The van der Waals surface area contributed by atoms with Crippen LogP contribution in [0.5, 0.6) is 0 Å². The van der Waals surface area contributed by atoms with E-state index >= 15 is 0 Å². The molecule has 0 aliphatic rings. The number of fused-ring (bicyclic) bond motifs is 1. The second kappa shape index (κ2) is 9.62. The van der Waals surface area contributed by atoms with E-state index in [1.807, 2.05) is 42.5 Å². The van der Waals surface area contributed by atoms with Crippen molar-refractivity contribution in [1.82, 2.24) is 20.2 Å². The van der Waals surface area contributed by atoms with E-state index in [0.717, 1.165) is 28.0 Å². The molecule has 0 spiro atoms. The molecular formula is C24H22ClFN4O. The Bertz CT molecular complexity index is 1190. The molecule has 5 nitrogen and oxygen atoms in total. The molecule has 4 aromatic rings. The highest BCUT2D eigenvalue weighted by Gasteiger charge is 2.12. The largest absolute Gasteiger partial charge is 0.338 e. The topological polar surface area (TPSA) is 59.0 Å². The Kier molecular flexibility index (Phi) is 6.48. The monoisotopic (exact) mass is 436 g/mol. The van der Waals surface area contributed by atoms with Gasteiger partial charge in [0.05, 0.1) is 11.0 Å². The van der Waals surface area contributed by atoms with Crippen LogP contribution in [-0.2, 0) is 19.5 Å². The SMILES string of the molecule is O=C(NCCc1nc2ccccc2n1Cc1ccc(F)cc1)NCc1ccccc1Cl. The summed E-state index contributed by atoms with van der Waals surface area (Å²) in [6.45, 7) is 1.37. The van der Waals surface area contributed by atoms with Crippen LogP contribution in [0.3, 0.4) is 0 Å². The fraction of sp³-hybridized carbons (Fsp3) is 0.167. The molecule has 0 aliphatic carbocycles. The van der Waals surface area contributed by atoms with Crippen LogP contribution in [0.15, 0.2) is 72.8 Å². The number of aromatic nitrogens is 2. The van der Waals surface area contributed by atoms with E-state index in [9.17, 15) is 9.18 Å². The lowest BCUT2D eigenvalue weighted by Crippen LogP contribution is -2.36. The third-order valence-electron chi connectivity index (χ3n) is 5.02. The van der Waals surface area contributed by atoms with Crippen LogP contribution in [0.2, 0.25) is 5.02 Å². The number of halogens is 2. The minimum Gasteiger partial charge on any atom is -0.338 e. The summed E-state index contributed by atoms with van der Waals surface area (Å²) in [7, 11) is 0. The van der Waals surface area contributed by atoms with Gasteiger partial charge in [-0.2, -0.15) is 0 Å². The summed E-state index contributed by atoms with van der Waals surface area (Å²) in [6.07, 6.45) is 0.565. The Labute approximate surface area is 184 Å². The van der Waals surface area contributed by atoms with Gasteiger partial charge in [0, 0.05) is 31.1 Å². The van der Waals surface area contributed by atoms with E-state index in [4.69, 9.17) is 16.6 Å². The van der Waals surface area contributed by atoms with Crippen molar-refractivity contribution in [3.8, 4) is 0 Å². The summed E-state index contributed by atoms with van der Waals surface area (Å²) in [5.74, 6) is 0.600. The van der Waals surface area contributed by atoms with Crippen molar-refractivity contribution in [2.45, 2.75) is 19.5 Å². The number of hydrogen-bond acceptors (Lipinski definition) is 2. The van der Waals surface area contributed by atoms with Crippen molar-refractivity contribution in [3.63, 3.8) is 0 Å². The quantitative estimate of drug-likeness (QED) is 0.432. The van der Waals surface area contributed by atoms with Crippen molar-refractivity contribution in [1.29, 1.82) is 0 Å². The number of carbonyl (C=O) groups excluding carboxylic acids is 1. The zero-order valence-corrected chi connectivity index (χ0v) is 17.6. The molecule has 0 radical (unpaired) electrons. The number of amides is 2. The number of imidazole rings is 1. The van der Waals surface area contributed by atoms with Crippen LogP contribution in [0.4, 0.5) is 9.18 Å². The van der Waals surface area contributed by atoms with E-state index in [1.54, 1.807) is 18.2 Å². The lowest BCUT2D eigenvalue weighted by molar-refractivity contribution is 0.240. The third kappa shape index (κ3) is 5.22. The molecule has 2 N–H and O–H groups in total. The molecule has 1 heterocycles. The summed E-state index contributed by atoms with van der Waals surface area (Å²) in [6, 6.07) is 21.5. The molecule has 0 fully saturated rings. The fourth-order valence-corrected chi connectivity index (χ4v) is 3.64. The molecule has 0 aliphatic heterocycles. The van der Waals surface area contributed by atoms with E-state index in [1.165, 1.54) is 12.1 Å². The molecule has 0 bridgehead atoms. The highest BCUT2D eigenvalue weighted by molar-refractivity contribution is 6.31. The number of nitrogens with one attached hydrogen (secondary N) is 2. The van der Waals surface area contributed by atoms with Gasteiger partial charge in [0.15, 0.2) is 0 Å². The van der Waals surface area contributed by atoms with Gasteiger partial charge >= 0.3 is 6.03 Å². The van der Waals surface area contributed by atoms with Crippen LogP contribution in [-0.4, -0.2) is 22.1 Å². The van der Waals surface area contributed by atoms with Crippen LogP contribution in [0.1, 0.15) is 17.0 Å². The van der Waals surface area contributed by atoms with Crippen molar-refractivity contribution in [3.05, 3.63) is 101 Å². The molecule has 0 saturated carbocycles. The molecule has 2 amide bonds. The van der Waals surface area contributed by atoms with Crippen LogP contribution >= 0.6 is 11.6 Å². The normalized spacial score (nSPS) is 10.9. The lowest BCUT2D eigenvalue weighted by Gasteiger charge is -2.11. The molecule has 0 saturated heterocycles. The molecule has 0 atom stereocenters. The number of benzene rings is 3. The molecule has 3 aromatic carbocycles. The lowest BCUT2D eigenvalue weighted by atomic mass is 10.2. The van der Waals surface area contributed by atoms with Gasteiger partial charge in [0.1, 0.15) is 11.6 Å². The molecule has 0 unspecified atom stereocenters. The van der Waals surface area contributed by atoms with Crippen molar-refractivity contribution >= 4 is 28.7 Å². The average Bonchev–Trinajstić information content (AvgIpc) is 3.12. The number of rotatable bonds is 7. The predicted molar refractivity (Wildman–Crippen MR) is 121 cm³/mol. The minimum atomic E-state index is -0.263. The maximum Gasteiger partial charge on any atom is 0.315 e. The average molecular weight is 437 g/mol. The first-order valence-electron chi connectivity index (χ1n) is 10.0. The van der Waals surface area contributed by atoms with Gasteiger partial charge in [0.2, 0.25) is 0 Å².